The largest absolute Gasteiger partial charge is 0.459 e. The minimum atomic E-state index is -0.778. The zero-order valence-electron chi connectivity index (χ0n) is 14.5. The van der Waals surface area contributed by atoms with E-state index < -0.39 is 11.9 Å². The lowest BCUT2D eigenvalue weighted by atomic mass is 10.0. The number of amides is 2. The number of terminal acetylenes is 1. The Morgan fingerprint density at radius 1 is 1.04 bits per heavy atom. The predicted octanol–water partition coefficient (Wildman–Crippen LogP) is 3.24. The van der Waals surface area contributed by atoms with Gasteiger partial charge in [-0.25, -0.2) is 0 Å². The lowest BCUT2D eigenvalue weighted by molar-refractivity contribution is -0.118. The van der Waals surface area contributed by atoms with E-state index in [2.05, 4.69) is 16.6 Å². The van der Waals surface area contributed by atoms with Gasteiger partial charge in [0.1, 0.15) is 6.04 Å². The average molecular weight is 358 g/mol. The summed E-state index contributed by atoms with van der Waals surface area (Å²) in [4.78, 5) is 25.2. The van der Waals surface area contributed by atoms with E-state index in [4.69, 9.17) is 10.8 Å². The number of hydrogen-bond acceptors (Lipinski definition) is 3. The minimum absolute atomic E-state index is 0.148. The molecule has 1 atom stereocenters. The molecule has 0 aliphatic rings. The summed E-state index contributed by atoms with van der Waals surface area (Å²) in [6.07, 6.45) is 7.15. The molecule has 0 bridgehead atoms. The van der Waals surface area contributed by atoms with Crippen LogP contribution in [0.3, 0.4) is 0 Å². The summed E-state index contributed by atoms with van der Waals surface area (Å²) in [6, 6.07) is 18.8. The molecule has 134 valence electrons. The third-order valence-electron chi connectivity index (χ3n) is 3.95. The smallest absolute Gasteiger partial charge is 0.287 e. The minimum Gasteiger partial charge on any atom is -0.459 e. The molecule has 1 heterocycles. The summed E-state index contributed by atoms with van der Waals surface area (Å²) >= 11 is 0. The first kappa shape index (κ1) is 18.0. The van der Waals surface area contributed by atoms with Gasteiger partial charge in [0.25, 0.3) is 5.91 Å². The van der Waals surface area contributed by atoms with Crippen molar-refractivity contribution < 1.29 is 14.0 Å². The summed E-state index contributed by atoms with van der Waals surface area (Å²) in [6.45, 7) is 0. The summed E-state index contributed by atoms with van der Waals surface area (Å²) in [5, 5.41) is 5.54. The molecule has 0 spiro atoms. The highest BCUT2D eigenvalue weighted by atomic mass is 16.3. The monoisotopic (exact) mass is 358 g/mol. The zero-order valence-corrected chi connectivity index (χ0v) is 14.5. The van der Waals surface area contributed by atoms with Crippen molar-refractivity contribution in [1.82, 2.24) is 5.32 Å². The van der Waals surface area contributed by atoms with Crippen LogP contribution in [0.4, 0.5) is 5.69 Å². The van der Waals surface area contributed by atoms with Gasteiger partial charge < -0.3 is 15.1 Å². The van der Waals surface area contributed by atoms with Crippen LogP contribution in [-0.4, -0.2) is 17.9 Å². The highest BCUT2D eigenvalue weighted by molar-refractivity contribution is 6.00. The Morgan fingerprint density at radius 2 is 1.85 bits per heavy atom. The first-order chi connectivity index (χ1) is 13.2. The first-order valence-electron chi connectivity index (χ1n) is 8.41. The molecule has 27 heavy (non-hydrogen) atoms. The maximum Gasteiger partial charge on any atom is 0.287 e. The van der Waals surface area contributed by atoms with Crippen molar-refractivity contribution in [2.75, 3.05) is 5.32 Å². The SMILES string of the molecule is C#Cc1cccc(NC(=O)C(Cc2ccccc2)NC(=O)c2ccco2)c1. The number of anilines is 1. The van der Waals surface area contributed by atoms with E-state index in [1.54, 1.807) is 36.4 Å². The van der Waals surface area contributed by atoms with E-state index in [-0.39, 0.29) is 11.7 Å². The Bertz CT molecular complexity index is 957. The van der Waals surface area contributed by atoms with E-state index in [0.29, 0.717) is 17.7 Å². The molecule has 3 rings (SSSR count). The second-order valence-corrected chi connectivity index (χ2v) is 5.91. The third kappa shape index (κ3) is 4.86. The topological polar surface area (TPSA) is 71.3 Å². The molecule has 2 amide bonds. The van der Waals surface area contributed by atoms with Gasteiger partial charge in [-0.1, -0.05) is 42.3 Å². The predicted molar refractivity (Wildman–Crippen MR) is 103 cm³/mol. The molecular weight excluding hydrogens is 340 g/mol. The van der Waals surface area contributed by atoms with Crippen molar-refractivity contribution in [3.05, 3.63) is 89.9 Å². The fourth-order valence-electron chi connectivity index (χ4n) is 2.61. The quantitative estimate of drug-likeness (QED) is 0.665. The van der Waals surface area contributed by atoms with E-state index in [1.165, 1.54) is 6.26 Å². The molecule has 0 aliphatic carbocycles. The molecule has 0 saturated heterocycles. The molecule has 0 aliphatic heterocycles. The Balaban J connectivity index is 1.78. The first-order valence-corrected chi connectivity index (χ1v) is 8.41. The van der Waals surface area contributed by atoms with Crippen LogP contribution >= 0.6 is 0 Å². The summed E-state index contributed by atoms with van der Waals surface area (Å²) < 4.78 is 5.11. The molecule has 5 heteroatoms. The fraction of sp³-hybridized carbons (Fsp3) is 0.0909. The molecular formula is C22H18N2O3. The summed E-state index contributed by atoms with van der Waals surface area (Å²) in [5.41, 5.74) is 2.16. The third-order valence-corrected chi connectivity index (χ3v) is 3.95. The molecule has 0 fully saturated rings. The Labute approximate surface area is 157 Å². The van der Waals surface area contributed by atoms with Gasteiger partial charge in [0.15, 0.2) is 5.76 Å². The Hall–Kier alpha value is -3.78. The van der Waals surface area contributed by atoms with Gasteiger partial charge in [-0.15, -0.1) is 6.42 Å². The highest BCUT2D eigenvalue weighted by Crippen LogP contribution is 2.12. The van der Waals surface area contributed by atoms with Crippen LogP contribution in [0.15, 0.2) is 77.4 Å². The zero-order chi connectivity index (χ0) is 19.1. The van der Waals surface area contributed by atoms with Crippen molar-refractivity contribution in [2.45, 2.75) is 12.5 Å². The number of furan rings is 1. The molecule has 0 radical (unpaired) electrons. The lowest BCUT2D eigenvalue weighted by Gasteiger charge is -2.18. The molecule has 0 saturated carbocycles. The number of carbonyl (C=O) groups excluding carboxylic acids is 2. The normalized spacial score (nSPS) is 11.2. The standard InChI is InChI=1S/C22H18N2O3/c1-2-16-10-6-11-18(14-16)23-21(25)19(15-17-8-4-3-5-9-17)24-22(26)20-12-7-13-27-20/h1,3-14,19H,15H2,(H,23,25)(H,24,26). The van der Waals surface area contributed by atoms with Gasteiger partial charge in [0.05, 0.1) is 6.26 Å². The summed E-state index contributed by atoms with van der Waals surface area (Å²) in [7, 11) is 0. The molecule has 1 aromatic heterocycles. The molecule has 2 aromatic carbocycles. The molecule has 3 aromatic rings. The van der Waals surface area contributed by atoms with Crippen molar-refractivity contribution in [1.29, 1.82) is 0 Å². The Morgan fingerprint density at radius 3 is 2.56 bits per heavy atom. The number of carbonyl (C=O) groups is 2. The molecule has 5 nitrogen and oxygen atoms in total. The van der Waals surface area contributed by atoms with Crippen LogP contribution in [0.1, 0.15) is 21.7 Å². The van der Waals surface area contributed by atoms with Gasteiger partial charge in [-0.3, -0.25) is 9.59 Å². The average Bonchev–Trinajstić information content (AvgIpc) is 3.23. The fourth-order valence-corrected chi connectivity index (χ4v) is 2.61. The highest BCUT2D eigenvalue weighted by Gasteiger charge is 2.23. The van der Waals surface area contributed by atoms with Gasteiger partial charge in [-0.05, 0) is 35.9 Å². The van der Waals surface area contributed by atoms with Gasteiger partial charge in [-0.2, -0.15) is 0 Å². The van der Waals surface area contributed by atoms with E-state index in [1.807, 2.05) is 30.3 Å². The summed E-state index contributed by atoms with van der Waals surface area (Å²) in [5.74, 6) is 1.88. The van der Waals surface area contributed by atoms with Crippen LogP contribution in [0, 0.1) is 12.3 Å². The lowest BCUT2D eigenvalue weighted by Crippen LogP contribution is -2.45. The van der Waals surface area contributed by atoms with E-state index in [9.17, 15) is 9.59 Å². The van der Waals surface area contributed by atoms with Crippen LogP contribution in [-0.2, 0) is 11.2 Å². The van der Waals surface area contributed by atoms with Crippen LogP contribution in [0.2, 0.25) is 0 Å². The molecule has 2 N–H and O–H groups in total. The molecule has 1 unspecified atom stereocenters. The van der Waals surface area contributed by atoms with Crippen LogP contribution in [0.25, 0.3) is 0 Å². The van der Waals surface area contributed by atoms with Crippen LogP contribution < -0.4 is 10.6 Å². The van der Waals surface area contributed by atoms with E-state index >= 15 is 0 Å². The number of hydrogen-bond donors (Lipinski definition) is 2. The number of rotatable bonds is 6. The van der Waals surface area contributed by atoms with Gasteiger partial charge >= 0.3 is 0 Å². The maximum absolute atomic E-state index is 12.8. The van der Waals surface area contributed by atoms with Crippen molar-refractivity contribution >= 4 is 17.5 Å². The number of benzene rings is 2. The van der Waals surface area contributed by atoms with Crippen molar-refractivity contribution in [3.63, 3.8) is 0 Å². The maximum atomic E-state index is 12.8. The number of nitrogens with one attached hydrogen (secondary N) is 2. The van der Waals surface area contributed by atoms with Crippen LogP contribution in [0.5, 0.6) is 0 Å². The Kier molecular flexibility index (Phi) is 5.70. The second kappa shape index (κ2) is 8.54. The van der Waals surface area contributed by atoms with E-state index in [0.717, 1.165) is 5.56 Å². The van der Waals surface area contributed by atoms with Gasteiger partial charge in [0, 0.05) is 17.7 Å². The van der Waals surface area contributed by atoms with Crippen molar-refractivity contribution in [2.24, 2.45) is 0 Å². The van der Waals surface area contributed by atoms with Crippen molar-refractivity contribution in [3.8, 4) is 12.3 Å². The van der Waals surface area contributed by atoms with Gasteiger partial charge in [0.2, 0.25) is 5.91 Å². The second-order valence-electron chi connectivity index (χ2n) is 5.91.